The molecular weight excluding hydrogens is 302 g/mol. The van der Waals surface area contributed by atoms with Crippen LogP contribution in [-0.2, 0) is 16.4 Å². The topological polar surface area (TPSA) is 101 Å². The Balaban J connectivity index is 2.21. The molecule has 1 aromatic carbocycles. The summed E-state index contributed by atoms with van der Waals surface area (Å²) in [5, 5.41) is 8.88. The molecule has 7 heteroatoms. The first-order chi connectivity index (χ1) is 14.6. The van der Waals surface area contributed by atoms with Crippen molar-refractivity contribution in [3.05, 3.63) is 29.8 Å². The van der Waals surface area contributed by atoms with Gasteiger partial charge in [0.05, 0.1) is 6.27 Å². The minimum Gasteiger partial charge on any atom is -0.338 e. The second-order valence-corrected chi connectivity index (χ2v) is 5.88. The third-order valence-electron chi connectivity index (χ3n) is 2.69. The van der Waals surface area contributed by atoms with Crippen LogP contribution in [0.5, 0.6) is 0 Å². The summed E-state index contributed by atoms with van der Waals surface area (Å²) in [5.74, 6) is 0. The summed E-state index contributed by atoms with van der Waals surface area (Å²) in [6, 6.07) is 0.469. The van der Waals surface area contributed by atoms with Crippen LogP contribution in [0.2, 0.25) is 0 Å². The van der Waals surface area contributed by atoms with Crippen molar-refractivity contribution in [2.45, 2.75) is 49.2 Å². The van der Waals surface area contributed by atoms with E-state index in [1.165, 1.54) is 24.3 Å². The fraction of sp³-hybridized carbons (Fsp3) is 0.533. The van der Waals surface area contributed by atoms with Crippen molar-refractivity contribution in [3.8, 4) is 0 Å². The van der Waals surface area contributed by atoms with E-state index in [0.29, 0.717) is 5.56 Å². The number of benzene rings is 1. The smallest absolute Gasteiger partial charge is 0.315 e. The number of urea groups is 1. The summed E-state index contributed by atoms with van der Waals surface area (Å²) in [7, 11) is -3.89. The molecule has 0 aliphatic heterocycles. The van der Waals surface area contributed by atoms with E-state index in [2.05, 4.69) is 5.32 Å². The zero-order valence-corrected chi connectivity index (χ0v) is 12.3. The van der Waals surface area contributed by atoms with Crippen molar-refractivity contribution in [2.24, 2.45) is 5.14 Å². The van der Waals surface area contributed by atoms with Gasteiger partial charge < -0.3 is 10.6 Å². The molecule has 1 aliphatic carbocycles. The molecule has 122 valence electrons. The van der Waals surface area contributed by atoms with Gasteiger partial charge in [-0.15, -0.1) is 0 Å². The average molecular weight is 337 g/mol. The first-order valence-electron chi connectivity index (χ1n) is 11.8. The van der Waals surface area contributed by atoms with E-state index in [9.17, 15) is 13.2 Å². The van der Waals surface area contributed by atoms with Crippen LogP contribution in [0, 0.1) is 0 Å². The maximum Gasteiger partial charge on any atom is 0.315 e. The van der Waals surface area contributed by atoms with Crippen LogP contribution in [0.15, 0.2) is 29.2 Å². The van der Waals surface area contributed by atoms with E-state index in [1.807, 2.05) is 0 Å². The minimum atomic E-state index is -3.89. The number of hydrogen-bond donors (Lipinski definition) is 3. The Morgan fingerprint density at radius 3 is 2.50 bits per heavy atom. The molecule has 1 saturated carbocycles. The van der Waals surface area contributed by atoms with Gasteiger partial charge in [-0.1, -0.05) is 31.3 Å². The number of hydrogen-bond acceptors (Lipinski definition) is 3. The lowest BCUT2D eigenvalue weighted by Crippen LogP contribution is -2.43. The van der Waals surface area contributed by atoms with Crippen molar-refractivity contribution in [2.75, 3.05) is 6.54 Å². The molecule has 0 spiro atoms. The van der Waals surface area contributed by atoms with E-state index in [0.717, 1.165) is 0 Å². The number of carbonyl (C=O) groups is 1. The van der Waals surface area contributed by atoms with Gasteiger partial charge in [-0.3, -0.25) is 0 Å². The summed E-state index contributed by atoms with van der Waals surface area (Å²) < 4.78 is 110. The normalized spacial score (nSPS) is 36.5. The van der Waals surface area contributed by atoms with Crippen LogP contribution in [0.4, 0.5) is 4.79 Å². The first kappa shape index (κ1) is 7.31. The largest absolute Gasteiger partial charge is 0.338 e. The van der Waals surface area contributed by atoms with Gasteiger partial charge in [0.25, 0.3) is 0 Å². The number of carbonyl (C=O) groups excluding carboxylic acids is 1. The summed E-state index contributed by atoms with van der Waals surface area (Å²) in [6.07, 6.45) is -18.3. The third-order valence-corrected chi connectivity index (χ3v) is 3.62. The number of sulfonamides is 1. The fourth-order valence-corrected chi connectivity index (χ4v) is 2.15. The van der Waals surface area contributed by atoms with Crippen LogP contribution < -0.4 is 15.8 Å². The van der Waals surface area contributed by atoms with Crippen LogP contribution >= 0.6 is 0 Å². The quantitative estimate of drug-likeness (QED) is 0.759. The molecule has 22 heavy (non-hydrogen) atoms. The number of rotatable bonds is 5. The Kier molecular flexibility index (Phi) is 2.53. The van der Waals surface area contributed by atoms with Gasteiger partial charge in [-0.05, 0) is 36.9 Å². The van der Waals surface area contributed by atoms with Crippen LogP contribution in [0.25, 0.3) is 0 Å². The highest BCUT2D eigenvalue weighted by Crippen LogP contribution is 2.17. The fourth-order valence-electron chi connectivity index (χ4n) is 1.64. The highest BCUT2D eigenvalue weighted by Gasteiger charge is 2.15. The van der Waals surface area contributed by atoms with Crippen LogP contribution in [-0.4, -0.2) is 27.0 Å². The van der Waals surface area contributed by atoms with Crippen molar-refractivity contribution >= 4 is 16.1 Å². The first-order valence-corrected chi connectivity index (χ1v) is 7.80. The molecule has 2 amide bonds. The van der Waals surface area contributed by atoms with Gasteiger partial charge in [0.2, 0.25) is 10.0 Å². The number of amides is 2. The van der Waals surface area contributed by atoms with Gasteiger partial charge in [-0.2, -0.15) is 0 Å². The van der Waals surface area contributed by atoms with Gasteiger partial charge in [0.15, 0.2) is 0 Å². The molecule has 6 nitrogen and oxygen atoms in total. The van der Waals surface area contributed by atoms with Crippen LogP contribution in [0.1, 0.15) is 52.5 Å². The SMILES string of the molecule is [2H]C1([2H])C([2H])([2H])C([2H])([2H])C([2H])(NC(=O)NCCc2ccc(S(N)(=O)=O)cc2)C([2H])([2H])C1([2H])[2H]. The molecule has 1 aromatic rings. The Bertz CT molecular complexity index is 999. The molecule has 0 unspecified atom stereocenters. The lowest BCUT2D eigenvalue weighted by molar-refractivity contribution is 0.233. The second-order valence-electron chi connectivity index (χ2n) is 4.32. The molecule has 1 aliphatic rings. The van der Waals surface area contributed by atoms with Crippen molar-refractivity contribution < 1.29 is 28.3 Å². The molecule has 0 heterocycles. The van der Waals surface area contributed by atoms with E-state index in [4.69, 9.17) is 20.2 Å². The van der Waals surface area contributed by atoms with E-state index in [-0.39, 0.29) is 17.9 Å². The lowest BCUT2D eigenvalue weighted by Gasteiger charge is -2.22. The molecular formula is C15H23N3O3S. The second kappa shape index (κ2) is 7.60. The summed E-state index contributed by atoms with van der Waals surface area (Å²) in [4.78, 5) is 12.2. The Morgan fingerprint density at radius 2 is 1.91 bits per heavy atom. The number of nitrogens with one attached hydrogen (secondary N) is 2. The summed E-state index contributed by atoms with van der Waals surface area (Å²) in [6.45, 7) is -0.150. The number of nitrogens with two attached hydrogens (primary N) is 1. The standard InChI is InChI=1S/C15H23N3O3S/c16-22(20,21)14-8-6-12(7-9-14)10-11-17-15(19)18-13-4-2-1-3-5-13/h6-9,13H,1-5,10-11H2,(H2,16,20,21)(H2,17,18,19)/i1D2,2D2,3D2,4D2,5D2,13D. The maximum atomic E-state index is 12.3. The highest BCUT2D eigenvalue weighted by molar-refractivity contribution is 7.89. The summed E-state index contributed by atoms with van der Waals surface area (Å²) >= 11 is 0. The highest BCUT2D eigenvalue weighted by atomic mass is 32.2. The molecule has 0 bridgehead atoms. The molecule has 1 fully saturated rings. The zero-order chi connectivity index (χ0) is 25.9. The maximum absolute atomic E-state index is 12.3. The molecule has 0 radical (unpaired) electrons. The molecule has 0 atom stereocenters. The molecule has 4 N–H and O–H groups in total. The van der Waals surface area contributed by atoms with E-state index < -0.39 is 53.9 Å². The van der Waals surface area contributed by atoms with Gasteiger partial charge in [0.1, 0.15) is 0 Å². The van der Waals surface area contributed by atoms with Crippen molar-refractivity contribution in [1.82, 2.24) is 10.6 Å². The number of primary sulfonamides is 1. The molecule has 0 saturated heterocycles. The van der Waals surface area contributed by atoms with Crippen molar-refractivity contribution in [1.29, 1.82) is 0 Å². The lowest BCUT2D eigenvalue weighted by atomic mass is 9.96. The van der Waals surface area contributed by atoms with E-state index >= 15 is 0 Å². The minimum absolute atomic E-state index is 0.127. The predicted octanol–water partition coefficient (Wildman–Crippen LogP) is 1.51. The third kappa shape index (κ3) is 5.31. The van der Waals surface area contributed by atoms with Gasteiger partial charge in [-0.25, -0.2) is 18.4 Å². The molecule has 0 aromatic heterocycles. The van der Waals surface area contributed by atoms with E-state index in [1.54, 1.807) is 5.32 Å². The van der Waals surface area contributed by atoms with Gasteiger partial charge >= 0.3 is 6.03 Å². The zero-order valence-electron chi connectivity index (χ0n) is 22.4. The van der Waals surface area contributed by atoms with Gasteiger partial charge in [0, 0.05) is 26.3 Å². The Hall–Kier alpha value is -1.60. The monoisotopic (exact) mass is 336 g/mol. The van der Waals surface area contributed by atoms with Crippen LogP contribution in [0.3, 0.4) is 0 Å². The Morgan fingerprint density at radius 1 is 1.27 bits per heavy atom. The average Bonchev–Trinajstić information content (AvgIpc) is 2.66. The predicted molar refractivity (Wildman–Crippen MR) is 84.9 cm³/mol. The molecule has 2 rings (SSSR count). The van der Waals surface area contributed by atoms with Crippen molar-refractivity contribution in [3.63, 3.8) is 0 Å². The Labute approximate surface area is 147 Å². The summed E-state index contributed by atoms with van der Waals surface area (Å²) in [5.41, 5.74) is 0.562.